The molecule has 170 valence electrons. The molecule has 0 radical (unpaired) electrons. The largest absolute Gasteiger partial charge is 0.348 e. The van der Waals surface area contributed by atoms with Gasteiger partial charge in [0.25, 0.3) is 17.7 Å². The highest BCUT2D eigenvalue weighted by atomic mass is 32.1. The molecule has 3 heterocycles. The first-order valence-electron chi connectivity index (χ1n) is 10.1. The van der Waals surface area contributed by atoms with Crippen molar-refractivity contribution in [3.63, 3.8) is 0 Å². The Morgan fingerprint density at radius 1 is 1.00 bits per heavy atom. The second-order valence-electron chi connectivity index (χ2n) is 7.35. The molecule has 33 heavy (non-hydrogen) atoms. The van der Waals surface area contributed by atoms with E-state index < -0.39 is 23.4 Å². The lowest BCUT2D eigenvalue weighted by molar-refractivity contribution is 0.0702. The van der Waals surface area contributed by atoms with Gasteiger partial charge in [0.1, 0.15) is 0 Å². The maximum Gasteiger partial charge on any atom is 0.273 e. The standard InChI is InChI=1S/C22H19F2N5O3S/c23-15-4-3-13(12-16(15)24)20(30)28-19-18(25-7-8-26-19)21(31)27-14-5-9-29(10-6-14)22(32)17-2-1-11-33-17/h1-4,7-8,11-12,14H,5-6,9-10H2,(H,27,31)(H,26,28,30). The van der Waals surface area contributed by atoms with Crippen LogP contribution in [0.1, 0.15) is 43.4 Å². The number of nitrogens with zero attached hydrogens (tertiary/aromatic N) is 3. The molecule has 3 aromatic rings. The SMILES string of the molecule is O=C(Nc1nccnc1C(=O)NC1CCN(C(=O)c2cccs2)CC1)c1ccc(F)c(F)c1. The fourth-order valence-electron chi connectivity index (χ4n) is 3.45. The monoisotopic (exact) mass is 471 g/mol. The van der Waals surface area contributed by atoms with Gasteiger partial charge in [-0.3, -0.25) is 14.4 Å². The van der Waals surface area contributed by atoms with Gasteiger partial charge in [0.2, 0.25) is 0 Å². The van der Waals surface area contributed by atoms with E-state index in [-0.39, 0.29) is 29.0 Å². The number of anilines is 1. The molecule has 0 aliphatic carbocycles. The van der Waals surface area contributed by atoms with Gasteiger partial charge in [-0.15, -0.1) is 11.3 Å². The number of carbonyl (C=O) groups is 3. The summed E-state index contributed by atoms with van der Waals surface area (Å²) in [7, 11) is 0. The molecule has 4 rings (SSSR count). The third-order valence-corrected chi connectivity index (χ3v) is 6.03. The van der Waals surface area contributed by atoms with Crippen LogP contribution in [-0.4, -0.2) is 51.7 Å². The number of benzene rings is 1. The zero-order chi connectivity index (χ0) is 23.4. The third-order valence-electron chi connectivity index (χ3n) is 5.18. The van der Waals surface area contributed by atoms with Gasteiger partial charge >= 0.3 is 0 Å². The molecular formula is C22H19F2N5O3S. The molecule has 0 saturated carbocycles. The van der Waals surface area contributed by atoms with Crippen LogP contribution in [0.25, 0.3) is 0 Å². The van der Waals surface area contributed by atoms with Gasteiger partial charge in [0.05, 0.1) is 4.88 Å². The van der Waals surface area contributed by atoms with E-state index in [1.807, 2.05) is 11.4 Å². The minimum Gasteiger partial charge on any atom is -0.348 e. The minimum atomic E-state index is -1.16. The second kappa shape index (κ2) is 9.82. The normalized spacial score (nSPS) is 14.1. The molecular weight excluding hydrogens is 452 g/mol. The molecule has 1 aliphatic heterocycles. The Balaban J connectivity index is 1.38. The quantitative estimate of drug-likeness (QED) is 0.595. The Hall–Kier alpha value is -3.73. The molecule has 1 aromatic carbocycles. The topological polar surface area (TPSA) is 104 Å². The maximum absolute atomic E-state index is 13.4. The molecule has 0 spiro atoms. The minimum absolute atomic E-state index is 0.0223. The number of rotatable bonds is 5. The number of nitrogens with one attached hydrogen (secondary N) is 2. The summed E-state index contributed by atoms with van der Waals surface area (Å²) in [4.78, 5) is 48.1. The van der Waals surface area contributed by atoms with E-state index in [9.17, 15) is 23.2 Å². The number of thiophene rings is 1. The van der Waals surface area contributed by atoms with Gasteiger partial charge in [-0.2, -0.15) is 0 Å². The van der Waals surface area contributed by atoms with Crippen molar-refractivity contribution in [1.82, 2.24) is 20.2 Å². The summed E-state index contributed by atoms with van der Waals surface area (Å²) in [5.74, 6) is -3.66. The highest BCUT2D eigenvalue weighted by molar-refractivity contribution is 7.12. The van der Waals surface area contributed by atoms with Gasteiger partial charge in [-0.1, -0.05) is 6.07 Å². The van der Waals surface area contributed by atoms with Crippen molar-refractivity contribution in [2.45, 2.75) is 18.9 Å². The molecule has 0 unspecified atom stereocenters. The first-order chi connectivity index (χ1) is 15.9. The Morgan fingerprint density at radius 3 is 2.45 bits per heavy atom. The molecule has 0 bridgehead atoms. The van der Waals surface area contributed by atoms with Crippen LogP contribution in [-0.2, 0) is 0 Å². The molecule has 3 amide bonds. The molecule has 8 nitrogen and oxygen atoms in total. The zero-order valence-electron chi connectivity index (χ0n) is 17.3. The summed E-state index contributed by atoms with van der Waals surface area (Å²) in [6.45, 7) is 1.00. The Kier molecular flexibility index (Phi) is 6.68. The van der Waals surface area contributed by atoms with Crippen molar-refractivity contribution in [2.24, 2.45) is 0 Å². The van der Waals surface area contributed by atoms with Crippen molar-refractivity contribution in [1.29, 1.82) is 0 Å². The van der Waals surface area contributed by atoms with Crippen molar-refractivity contribution in [2.75, 3.05) is 18.4 Å². The lowest BCUT2D eigenvalue weighted by Crippen LogP contribution is -2.46. The highest BCUT2D eigenvalue weighted by Gasteiger charge is 2.26. The van der Waals surface area contributed by atoms with E-state index in [0.717, 1.165) is 18.2 Å². The van der Waals surface area contributed by atoms with Crippen molar-refractivity contribution in [3.05, 3.63) is 75.9 Å². The molecule has 1 saturated heterocycles. The predicted molar refractivity (Wildman–Crippen MR) is 117 cm³/mol. The molecule has 0 atom stereocenters. The first-order valence-corrected chi connectivity index (χ1v) is 11.0. The van der Waals surface area contributed by atoms with E-state index >= 15 is 0 Å². The second-order valence-corrected chi connectivity index (χ2v) is 8.30. The number of carbonyl (C=O) groups excluding carboxylic acids is 3. The van der Waals surface area contributed by atoms with Crippen LogP contribution in [0.2, 0.25) is 0 Å². The Morgan fingerprint density at radius 2 is 1.76 bits per heavy atom. The van der Waals surface area contributed by atoms with Gasteiger partial charge in [0, 0.05) is 37.1 Å². The predicted octanol–water partition coefficient (Wildman–Crippen LogP) is 3.10. The highest BCUT2D eigenvalue weighted by Crippen LogP contribution is 2.18. The van der Waals surface area contributed by atoms with Gasteiger partial charge in [-0.25, -0.2) is 18.7 Å². The molecule has 2 aromatic heterocycles. The number of amides is 3. The number of aromatic nitrogens is 2. The summed E-state index contributed by atoms with van der Waals surface area (Å²) in [6, 6.07) is 6.15. The molecule has 1 aliphatic rings. The number of piperidine rings is 1. The van der Waals surface area contributed by atoms with Crippen molar-refractivity contribution >= 4 is 34.9 Å². The number of hydrogen-bond donors (Lipinski definition) is 2. The van der Waals surface area contributed by atoms with E-state index in [2.05, 4.69) is 20.6 Å². The van der Waals surface area contributed by atoms with E-state index in [4.69, 9.17) is 0 Å². The third kappa shape index (κ3) is 5.20. The number of halogens is 2. The fraction of sp³-hybridized carbons (Fsp3) is 0.227. The summed E-state index contributed by atoms with van der Waals surface area (Å²) in [5, 5.41) is 7.13. The Bertz CT molecular complexity index is 1180. The van der Waals surface area contributed by atoms with Crippen molar-refractivity contribution < 1.29 is 23.2 Å². The Labute approximate surface area is 191 Å². The average molecular weight is 471 g/mol. The smallest absolute Gasteiger partial charge is 0.273 e. The zero-order valence-corrected chi connectivity index (χ0v) is 18.1. The first kappa shape index (κ1) is 22.5. The van der Waals surface area contributed by atoms with E-state index in [1.54, 1.807) is 11.0 Å². The van der Waals surface area contributed by atoms with Crippen LogP contribution in [0.15, 0.2) is 48.1 Å². The van der Waals surface area contributed by atoms with E-state index in [1.165, 1.54) is 23.7 Å². The maximum atomic E-state index is 13.4. The van der Waals surface area contributed by atoms with Crippen LogP contribution in [0.3, 0.4) is 0 Å². The van der Waals surface area contributed by atoms with Crippen LogP contribution in [0.4, 0.5) is 14.6 Å². The average Bonchev–Trinajstić information content (AvgIpc) is 3.36. The summed E-state index contributed by atoms with van der Waals surface area (Å²) in [5.41, 5.74) is -0.237. The number of likely N-dealkylation sites (tertiary alicyclic amines) is 1. The molecule has 2 N–H and O–H groups in total. The summed E-state index contributed by atoms with van der Waals surface area (Å²) >= 11 is 1.39. The van der Waals surface area contributed by atoms with Crippen molar-refractivity contribution in [3.8, 4) is 0 Å². The summed E-state index contributed by atoms with van der Waals surface area (Å²) < 4.78 is 26.6. The van der Waals surface area contributed by atoms with Crippen LogP contribution in [0, 0.1) is 11.6 Å². The van der Waals surface area contributed by atoms with Gasteiger partial charge < -0.3 is 15.5 Å². The lowest BCUT2D eigenvalue weighted by Gasteiger charge is -2.32. The van der Waals surface area contributed by atoms with Gasteiger partial charge in [-0.05, 0) is 42.5 Å². The molecule has 11 heteroatoms. The van der Waals surface area contributed by atoms with E-state index in [0.29, 0.717) is 30.8 Å². The van der Waals surface area contributed by atoms with Gasteiger partial charge in [0.15, 0.2) is 23.1 Å². The summed E-state index contributed by atoms with van der Waals surface area (Å²) in [6.07, 6.45) is 3.75. The number of hydrogen-bond acceptors (Lipinski definition) is 6. The van der Waals surface area contributed by atoms with Crippen LogP contribution < -0.4 is 10.6 Å². The molecule has 1 fully saturated rings. The lowest BCUT2D eigenvalue weighted by atomic mass is 10.0. The van der Waals surface area contributed by atoms with Crippen LogP contribution >= 0.6 is 11.3 Å². The fourth-order valence-corrected chi connectivity index (χ4v) is 4.14. The van der Waals surface area contributed by atoms with Crippen LogP contribution in [0.5, 0.6) is 0 Å².